The first kappa shape index (κ1) is 13.6. The van der Waals surface area contributed by atoms with Crippen molar-refractivity contribution in [1.29, 1.82) is 0 Å². The molecule has 1 saturated heterocycles. The second-order valence-electron chi connectivity index (χ2n) is 4.57. The van der Waals surface area contributed by atoms with Gasteiger partial charge in [0.1, 0.15) is 12.6 Å². The van der Waals surface area contributed by atoms with Crippen LogP contribution >= 0.6 is 0 Å². The Kier molecular flexibility index (Phi) is 4.22. The molecule has 1 unspecified atom stereocenters. The third-order valence-electron chi connectivity index (χ3n) is 2.93. The molecule has 1 heterocycles. The fourth-order valence-corrected chi connectivity index (χ4v) is 1.78. The van der Waals surface area contributed by atoms with E-state index in [1.165, 1.54) is 4.90 Å². The van der Waals surface area contributed by atoms with Gasteiger partial charge < -0.3 is 10.6 Å². The highest BCUT2D eigenvalue weighted by Gasteiger charge is 2.37. The molecule has 0 aromatic rings. The largest absolute Gasteiger partial charge is 0.320 e. The molecule has 1 rings (SSSR count). The number of hydrogen-bond acceptors (Lipinski definition) is 4. The van der Waals surface area contributed by atoms with Crippen molar-refractivity contribution >= 4 is 17.7 Å². The van der Waals surface area contributed by atoms with Crippen molar-refractivity contribution in [1.82, 2.24) is 10.2 Å². The Morgan fingerprint density at radius 1 is 1.53 bits per heavy atom. The van der Waals surface area contributed by atoms with E-state index in [1.54, 1.807) is 6.92 Å². The first-order valence-corrected chi connectivity index (χ1v) is 5.78. The number of nitrogens with zero attached hydrogens (tertiary/aromatic N) is 1. The summed E-state index contributed by atoms with van der Waals surface area (Å²) in [6.07, 6.45) is 0.468. The van der Waals surface area contributed by atoms with Crippen LogP contribution in [0.4, 0.5) is 0 Å². The van der Waals surface area contributed by atoms with Gasteiger partial charge in [-0.1, -0.05) is 20.8 Å². The van der Waals surface area contributed by atoms with Gasteiger partial charge in [-0.3, -0.25) is 19.7 Å². The van der Waals surface area contributed by atoms with E-state index in [4.69, 9.17) is 5.73 Å². The van der Waals surface area contributed by atoms with Crippen LogP contribution in [0.2, 0.25) is 0 Å². The maximum absolute atomic E-state index is 12.1. The number of nitrogens with two attached hydrogens (primary N) is 1. The predicted octanol–water partition coefficient (Wildman–Crippen LogP) is -0.767. The molecule has 0 radical (unpaired) electrons. The molecule has 1 fully saturated rings. The van der Waals surface area contributed by atoms with Gasteiger partial charge in [0.25, 0.3) is 0 Å². The fraction of sp³-hybridized carbons (Fsp3) is 0.727. The van der Waals surface area contributed by atoms with Gasteiger partial charge in [-0.15, -0.1) is 0 Å². The minimum absolute atomic E-state index is 0.0277. The van der Waals surface area contributed by atoms with E-state index in [9.17, 15) is 14.4 Å². The van der Waals surface area contributed by atoms with Crippen molar-refractivity contribution in [2.24, 2.45) is 11.7 Å². The highest BCUT2D eigenvalue weighted by molar-refractivity contribution is 6.04. The lowest BCUT2D eigenvalue weighted by molar-refractivity contribution is -0.151. The van der Waals surface area contributed by atoms with Crippen LogP contribution in [0.3, 0.4) is 0 Å². The van der Waals surface area contributed by atoms with E-state index < -0.39 is 23.9 Å². The van der Waals surface area contributed by atoms with Gasteiger partial charge in [0.05, 0.1) is 6.04 Å². The van der Waals surface area contributed by atoms with Gasteiger partial charge >= 0.3 is 0 Å². The average molecular weight is 241 g/mol. The maximum Gasteiger partial charge on any atom is 0.249 e. The van der Waals surface area contributed by atoms with Gasteiger partial charge in [0, 0.05) is 0 Å². The number of carbonyl (C=O) groups excluding carboxylic acids is 3. The molecule has 3 N–H and O–H groups in total. The lowest BCUT2D eigenvalue weighted by Gasteiger charge is -2.35. The molecule has 17 heavy (non-hydrogen) atoms. The number of nitrogens with one attached hydrogen (secondary N) is 1. The third kappa shape index (κ3) is 2.82. The summed E-state index contributed by atoms with van der Waals surface area (Å²) < 4.78 is 0. The lowest BCUT2D eigenvalue weighted by Crippen LogP contribution is -2.62. The number of amides is 3. The topological polar surface area (TPSA) is 92.5 Å². The molecule has 0 aromatic carbocycles. The summed E-state index contributed by atoms with van der Waals surface area (Å²) in [6.45, 7) is 5.36. The molecule has 3 amide bonds. The van der Waals surface area contributed by atoms with E-state index in [0.29, 0.717) is 6.42 Å². The Hall–Kier alpha value is -1.43. The molecule has 1 aliphatic rings. The van der Waals surface area contributed by atoms with Gasteiger partial charge in [-0.25, -0.2) is 0 Å². The molecule has 0 bridgehead atoms. The van der Waals surface area contributed by atoms with Crippen LogP contribution in [0, 0.1) is 5.92 Å². The normalized spacial score (nSPS) is 22.6. The SMILES string of the molecule is CCC1C(=O)NC(=O)CN1C(=O)[C@@H](N)C(C)C. The molecule has 0 spiro atoms. The summed E-state index contributed by atoms with van der Waals surface area (Å²) in [5.41, 5.74) is 5.76. The Bertz CT molecular complexity index is 341. The Morgan fingerprint density at radius 3 is 2.59 bits per heavy atom. The molecule has 6 heteroatoms. The number of piperazine rings is 1. The predicted molar refractivity (Wildman–Crippen MR) is 61.8 cm³/mol. The van der Waals surface area contributed by atoms with Gasteiger partial charge in [0.15, 0.2) is 0 Å². The highest BCUT2D eigenvalue weighted by atomic mass is 16.2. The summed E-state index contributed by atoms with van der Waals surface area (Å²) in [5.74, 6) is -1.24. The Labute approximate surface area is 101 Å². The molecule has 6 nitrogen and oxygen atoms in total. The summed E-state index contributed by atoms with van der Waals surface area (Å²) >= 11 is 0. The molecule has 0 aliphatic carbocycles. The maximum atomic E-state index is 12.1. The Balaban J connectivity index is 2.88. The lowest BCUT2D eigenvalue weighted by atomic mass is 10.0. The van der Waals surface area contributed by atoms with Crippen molar-refractivity contribution in [2.45, 2.75) is 39.3 Å². The first-order chi connectivity index (χ1) is 7.88. The number of hydrogen-bond donors (Lipinski definition) is 2. The van der Waals surface area contributed by atoms with Crippen molar-refractivity contribution < 1.29 is 14.4 Å². The molecule has 1 aliphatic heterocycles. The summed E-state index contributed by atoms with van der Waals surface area (Å²) in [6, 6.07) is -1.27. The van der Waals surface area contributed by atoms with E-state index >= 15 is 0 Å². The highest BCUT2D eigenvalue weighted by Crippen LogP contribution is 2.13. The van der Waals surface area contributed by atoms with Crippen LogP contribution in [-0.4, -0.2) is 41.2 Å². The Morgan fingerprint density at radius 2 is 2.12 bits per heavy atom. The van der Waals surface area contributed by atoms with Crippen LogP contribution in [0.5, 0.6) is 0 Å². The second-order valence-corrected chi connectivity index (χ2v) is 4.57. The van der Waals surface area contributed by atoms with Gasteiger partial charge in [-0.05, 0) is 12.3 Å². The fourth-order valence-electron chi connectivity index (χ4n) is 1.78. The van der Waals surface area contributed by atoms with Crippen molar-refractivity contribution in [3.63, 3.8) is 0 Å². The monoisotopic (exact) mass is 241 g/mol. The van der Waals surface area contributed by atoms with Crippen molar-refractivity contribution in [3.8, 4) is 0 Å². The van der Waals surface area contributed by atoms with Crippen LogP contribution in [0.25, 0.3) is 0 Å². The quantitative estimate of drug-likeness (QED) is 0.635. The second kappa shape index (κ2) is 5.27. The summed E-state index contributed by atoms with van der Waals surface area (Å²) in [7, 11) is 0. The molecular weight excluding hydrogens is 222 g/mol. The summed E-state index contributed by atoms with van der Waals surface area (Å²) in [5, 5.41) is 2.22. The van der Waals surface area contributed by atoms with Crippen LogP contribution in [-0.2, 0) is 14.4 Å². The first-order valence-electron chi connectivity index (χ1n) is 5.78. The summed E-state index contributed by atoms with van der Waals surface area (Å²) in [4.78, 5) is 36.2. The van der Waals surface area contributed by atoms with E-state index in [-0.39, 0.29) is 18.4 Å². The number of carbonyl (C=O) groups is 3. The van der Waals surface area contributed by atoms with Crippen molar-refractivity contribution in [3.05, 3.63) is 0 Å². The van der Waals surface area contributed by atoms with Crippen LogP contribution < -0.4 is 11.1 Å². The van der Waals surface area contributed by atoms with Crippen LogP contribution in [0.15, 0.2) is 0 Å². The zero-order chi connectivity index (χ0) is 13.2. The third-order valence-corrected chi connectivity index (χ3v) is 2.93. The molecule has 0 aromatic heterocycles. The average Bonchev–Trinajstić information content (AvgIpc) is 2.25. The van der Waals surface area contributed by atoms with E-state index in [2.05, 4.69) is 5.32 Å². The molecule has 96 valence electrons. The standard InChI is InChI=1S/C11H19N3O3/c1-4-7-10(16)13-8(15)5-14(7)11(17)9(12)6(2)3/h6-7,9H,4-5,12H2,1-3H3,(H,13,15,16)/t7?,9-/m0/s1. The molecular formula is C11H19N3O3. The van der Waals surface area contributed by atoms with Crippen molar-refractivity contribution in [2.75, 3.05) is 6.54 Å². The van der Waals surface area contributed by atoms with Crippen LogP contribution in [0.1, 0.15) is 27.2 Å². The van der Waals surface area contributed by atoms with Gasteiger partial charge in [-0.2, -0.15) is 0 Å². The number of imide groups is 1. The smallest absolute Gasteiger partial charge is 0.249 e. The van der Waals surface area contributed by atoms with E-state index in [0.717, 1.165) is 0 Å². The number of rotatable bonds is 3. The molecule has 2 atom stereocenters. The molecule has 0 saturated carbocycles. The minimum Gasteiger partial charge on any atom is -0.320 e. The van der Waals surface area contributed by atoms with E-state index in [1.807, 2.05) is 13.8 Å². The zero-order valence-electron chi connectivity index (χ0n) is 10.4. The zero-order valence-corrected chi connectivity index (χ0v) is 10.4. The van der Waals surface area contributed by atoms with Gasteiger partial charge in [0.2, 0.25) is 17.7 Å². The minimum atomic E-state index is -0.678.